The van der Waals surface area contributed by atoms with E-state index in [1.54, 1.807) is 0 Å². The van der Waals surface area contributed by atoms with Crippen molar-refractivity contribution in [2.75, 3.05) is 4.90 Å². The van der Waals surface area contributed by atoms with E-state index in [1.807, 2.05) is 0 Å². The van der Waals surface area contributed by atoms with Crippen molar-refractivity contribution in [2.45, 2.75) is 13.1 Å². The second kappa shape index (κ2) is 8.64. The van der Waals surface area contributed by atoms with Gasteiger partial charge in [-0.05, 0) is 45.1 Å². The lowest BCUT2D eigenvalue weighted by molar-refractivity contribution is 1.31. The molecular formula is C37H28N2Si. The highest BCUT2D eigenvalue weighted by Crippen LogP contribution is 2.50. The van der Waals surface area contributed by atoms with E-state index in [0.29, 0.717) is 0 Å². The second-order valence-electron chi connectivity index (χ2n) is 11.2. The fraction of sp³-hybridized carbons (Fsp3) is 0.0541. The molecular weight excluding hydrogens is 501 g/mol. The summed E-state index contributed by atoms with van der Waals surface area (Å²) in [5.74, 6) is 0. The first-order valence-electron chi connectivity index (χ1n) is 13.9. The molecule has 8 rings (SSSR count). The van der Waals surface area contributed by atoms with E-state index in [4.69, 9.17) is 4.98 Å². The molecule has 6 aromatic carbocycles. The lowest BCUT2D eigenvalue weighted by Crippen LogP contribution is -2.58. The van der Waals surface area contributed by atoms with E-state index in [0.717, 1.165) is 5.52 Å². The van der Waals surface area contributed by atoms with Crippen molar-refractivity contribution in [3.8, 4) is 11.1 Å². The third-order valence-electron chi connectivity index (χ3n) is 8.65. The van der Waals surface area contributed by atoms with Crippen LogP contribution in [0, 0.1) is 0 Å². The Morgan fingerprint density at radius 2 is 1.07 bits per heavy atom. The predicted octanol–water partition coefficient (Wildman–Crippen LogP) is 8.81. The van der Waals surface area contributed by atoms with Crippen LogP contribution >= 0.6 is 0 Å². The van der Waals surface area contributed by atoms with Crippen molar-refractivity contribution < 1.29 is 0 Å². The first kappa shape index (κ1) is 23.2. The van der Waals surface area contributed by atoms with Gasteiger partial charge in [0.2, 0.25) is 0 Å². The lowest BCUT2D eigenvalue weighted by Gasteiger charge is -2.41. The molecule has 3 heteroatoms. The Hall–Kier alpha value is -4.73. The van der Waals surface area contributed by atoms with Gasteiger partial charge < -0.3 is 4.90 Å². The highest BCUT2D eigenvalue weighted by Gasteiger charge is 2.39. The van der Waals surface area contributed by atoms with Crippen molar-refractivity contribution in [3.05, 3.63) is 134 Å². The van der Waals surface area contributed by atoms with Gasteiger partial charge in [-0.15, -0.1) is 0 Å². The molecule has 0 saturated carbocycles. The highest BCUT2D eigenvalue weighted by atomic mass is 28.3. The van der Waals surface area contributed by atoms with E-state index in [-0.39, 0.29) is 0 Å². The lowest BCUT2D eigenvalue weighted by atomic mass is 9.88. The van der Waals surface area contributed by atoms with Gasteiger partial charge in [-0.1, -0.05) is 122 Å². The zero-order valence-corrected chi connectivity index (χ0v) is 23.6. The summed E-state index contributed by atoms with van der Waals surface area (Å²) in [5.41, 5.74) is 7.27. The van der Waals surface area contributed by atoms with Gasteiger partial charge in [0.1, 0.15) is 8.07 Å². The van der Waals surface area contributed by atoms with Crippen LogP contribution in [0.15, 0.2) is 134 Å². The van der Waals surface area contributed by atoms with Crippen LogP contribution in [0.25, 0.3) is 43.6 Å². The number of fused-ring (bicyclic) bond motifs is 6. The molecule has 1 aromatic heterocycles. The fourth-order valence-corrected chi connectivity index (χ4v) is 9.82. The zero-order chi connectivity index (χ0) is 26.8. The van der Waals surface area contributed by atoms with Gasteiger partial charge in [0, 0.05) is 39.1 Å². The molecule has 0 fully saturated rings. The van der Waals surface area contributed by atoms with Crippen LogP contribution in [0.1, 0.15) is 0 Å². The van der Waals surface area contributed by atoms with Crippen LogP contribution in [0.4, 0.5) is 17.1 Å². The number of nitrogens with zero attached hydrogens (tertiary/aromatic N) is 2. The number of anilines is 3. The van der Waals surface area contributed by atoms with Crippen molar-refractivity contribution in [2.24, 2.45) is 0 Å². The third-order valence-corrected chi connectivity index (χ3v) is 12.2. The smallest absolute Gasteiger partial charge is 0.117 e. The highest BCUT2D eigenvalue weighted by molar-refractivity contribution is 7.02. The van der Waals surface area contributed by atoms with Crippen LogP contribution in [0.5, 0.6) is 0 Å². The molecule has 190 valence electrons. The Morgan fingerprint density at radius 1 is 0.525 bits per heavy atom. The number of benzene rings is 6. The summed E-state index contributed by atoms with van der Waals surface area (Å²) in [7, 11) is -1.91. The van der Waals surface area contributed by atoms with Crippen molar-refractivity contribution in [3.63, 3.8) is 0 Å². The van der Waals surface area contributed by atoms with Crippen LogP contribution in [-0.4, -0.2) is 13.1 Å². The van der Waals surface area contributed by atoms with Gasteiger partial charge in [0.15, 0.2) is 0 Å². The average Bonchev–Trinajstić information content (AvgIpc) is 3.01. The summed E-state index contributed by atoms with van der Waals surface area (Å²) < 4.78 is 0. The fourth-order valence-electron chi connectivity index (χ4n) is 6.83. The summed E-state index contributed by atoms with van der Waals surface area (Å²) in [6, 6.07) is 46.4. The summed E-state index contributed by atoms with van der Waals surface area (Å²) in [4.78, 5) is 7.56. The number of para-hydroxylation sites is 3. The van der Waals surface area contributed by atoms with Gasteiger partial charge in [-0.3, -0.25) is 4.98 Å². The molecule has 2 heterocycles. The maximum atomic E-state index is 5.03. The van der Waals surface area contributed by atoms with Crippen LogP contribution < -0.4 is 15.3 Å². The summed E-state index contributed by atoms with van der Waals surface area (Å²) >= 11 is 0. The number of hydrogen-bond donors (Lipinski definition) is 0. The normalized spacial score (nSPS) is 13.9. The largest absolute Gasteiger partial charge is 0.309 e. The molecule has 0 amide bonds. The molecule has 1 aliphatic heterocycles. The molecule has 0 aliphatic carbocycles. The molecule has 0 unspecified atom stereocenters. The molecule has 7 aromatic rings. The minimum absolute atomic E-state index is 1.02. The number of rotatable bonds is 2. The molecule has 0 N–H and O–H groups in total. The van der Waals surface area contributed by atoms with Crippen molar-refractivity contribution >= 4 is 68.0 Å². The van der Waals surface area contributed by atoms with Gasteiger partial charge in [-0.25, -0.2) is 0 Å². The summed E-state index contributed by atoms with van der Waals surface area (Å²) in [5, 5.41) is 9.02. The molecule has 0 atom stereocenters. The minimum atomic E-state index is -1.91. The van der Waals surface area contributed by atoms with E-state index in [9.17, 15) is 0 Å². The van der Waals surface area contributed by atoms with E-state index in [2.05, 4.69) is 152 Å². The minimum Gasteiger partial charge on any atom is -0.309 e. The Kier molecular flexibility index (Phi) is 5.00. The Balaban J connectivity index is 1.61. The van der Waals surface area contributed by atoms with Gasteiger partial charge in [-0.2, -0.15) is 0 Å². The quantitative estimate of drug-likeness (QED) is 0.127. The van der Waals surface area contributed by atoms with Crippen LogP contribution in [-0.2, 0) is 0 Å². The van der Waals surface area contributed by atoms with Crippen LogP contribution in [0.3, 0.4) is 0 Å². The van der Waals surface area contributed by atoms with Crippen molar-refractivity contribution in [1.82, 2.24) is 4.98 Å². The van der Waals surface area contributed by atoms with E-state index < -0.39 is 8.07 Å². The molecule has 0 spiro atoms. The first-order valence-corrected chi connectivity index (χ1v) is 16.9. The number of pyridine rings is 1. The molecule has 2 nitrogen and oxygen atoms in total. The Labute approximate surface area is 235 Å². The maximum Gasteiger partial charge on any atom is 0.117 e. The molecule has 0 bridgehead atoms. The van der Waals surface area contributed by atoms with Crippen LogP contribution in [0.2, 0.25) is 13.1 Å². The standard InChI is InChI=1S/C37H28N2Si/c1-40(2)33-22-12-10-20-31(33)39(32-21-11-13-23-34(32)40)37-27-17-7-6-16-26(27)35(25-14-4-3-5-15-25)36-28-18-8-9-19-30(28)38-24-29(36)37/h3-24H,1-2H3. The summed E-state index contributed by atoms with van der Waals surface area (Å²) in [6.07, 6.45) is 2.11. The predicted molar refractivity (Wildman–Crippen MR) is 174 cm³/mol. The van der Waals surface area contributed by atoms with E-state index >= 15 is 0 Å². The number of hydrogen-bond acceptors (Lipinski definition) is 2. The second-order valence-corrected chi connectivity index (χ2v) is 15.5. The molecule has 1 aliphatic rings. The average molecular weight is 529 g/mol. The van der Waals surface area contributed by atoms with Gasteiger partial charge in [0.25, 0.3) is 0 Å². The van der Waals surface area contributed by atoms with E-state index in [1.165, 1.54) is 65.5 Å². The zero-order valence-electron chi connectivity index (χ0n) is 22.6. The first-order chi connectivity index (χ1) is 19.6. The number of aromatic nitrogens is 1. The topological polar surface area (TPSA) is 16.1 Å². The molecule has 40 heavy (non-hydrogen) atoms. The van der Waals surface area contributed by atoms with Crippen molar-refractivity contribution in [1.29, 1.82) is 0 Å². The Bertz CT molecular complexity index is 2050. The Morgan fingerprint density at radius 3 is 1.77 bits per heavy atom. The monoisotopic (exact) mass is 528 g/mol. The SMILES string of the molecule is C[Si]1(C)c2ccccc2N(c2c3ccccc3c(-c3ccccc3)c3c2cnc2ccccc23)c2ccccc21. The third kappa shape index (κ3) is 3.19. The summed E-state index contributed by atoms with van der Waals surface area (Å²) in [6.45, 7) is 4.96. The molecule has 0 radical (unpaired) electrons. The van der Waals surface area contributed by atoms with Gasteiger partial charge in [0.05, 0.1) is 11.2 Å². The maximum absolute atomic E-state index is 5.03. The molecule has 0 saturated heterocycles. The van der Waals surface area contributed by atoms with Gasteiger partial charge >= 0.3 is 0 Å².